The molecule has 0 saturated heterocycles. The van der Waals surface area contributed by atoms with Crippen LogP contribution in [0, 0.1) is 45.4 Å². The lowest BCUT2D eigenvalue weighted by Crippen LogP contribution is -2.05. The summed E-state index contributed by atoms with van der Waals surface area (Å²) in [5, 5.41) is 0. The lowest BCUT2D eigenvalue weighted by molar-refractivity contribution is -0.112. The molecule has 1 saturated carbocycles. The Bertz CT molecular complexity index is 437. The number of carbonyl (C=O) groups is 1. The predicted octanol–water partition coefficient (Wildman–Crippen LogP) is 3.29. The lowest BCUT2D eigenvalue weighted by atomic mass is 10.0. The third-order valence-electron chi connectivity index (χ3n) is 2.91. The molecule has 1 aliphatic rings. The van der Waals surface area contributed by atoms with Crippen LogP contribution < -0.4 is 0 Å². The Hall–Kier alpha value is -1.37. The highest BCUT2D eigenvalue weighted by atomic mass is 16.1. The van der Waals surface area contributed by atoms with Crippen molar-refractivity contribution < 1.29 is 4.79 Å². The van der Waals surface area contributed by atoms with Crippen molar-refractivity contribution in [3.8, 4) is 0 Å². The summed E-state index contributed by atoms with van der Waals surface area (Å²) in [6.07, 6.45) is 10.9. The number of hydrogen-bond donors (Lipinski definition) is 0. The van der Waals surface area contributed by atoms with Crippen LogP contribution in [0.15, 0.2) is 24.3 Å². The second-order valence-corrected chi connectivity index (χ2v) is 4.21. The first kappa shape index (κ1) is 12.1. The molecule has 0 bridgehead atoms. The number of hydrogen-bond acceptors (Lipinski definition) is 1. The van der Waals surface area contributed by atoms with E-state index in [4.69, 9.17) is 0 Å². The van der Waals surface area contributed by atoms with E-state index in [1.165, 1.54) is 11.1 Å². The molecule has 0 aliphatic heterocycles. The lowest BCUT2D eigenvalue weighted by Gasteiger charge is -2.02. The Kier molecular flexibility index (Phi) is 3.78. The van der Waals surface area contributed by atoms with Crippen molar-refractivity contribution in [3.05, 3.63) is 72.6 Å². The van der Waals surface area contributed by atoms with Gasteiger partial charge in [0.1, 0.15) is 0 Å². The first-order valence-electron chi connectivity index (χ1n) is 5.68. The molecule has 1 fully saturated rings. The van der Waals surface area contributed by atoms with Gasteiger partial charge < -0.3 is 0 Å². The number of ketones is 1. The van der Waals surface area contributed by atoms with E-state index in [1.54, 1.807) is 6.08 Å². The maximum Gasteiger partial charge on any atom is 0.163 e. The zero-order chi connectivity index (χ0) is 12.3. The van der Waals surface area contributed by atoms with E-state index in [0.29, 0.717) is 0 Å². The van der Waals surface area contributed by atoms with Gasteiger partial charge >= 0.3 is 0 Å². The second kappa shape index (κ2) is 5.31. The third-order valence-corrected chi connectivity index (χ3v) is 2.91. The smallest absolute Gasteiger partial charge is 0.163 e. The van der Waals surface area contributed by atoms with E-state index in [0.717, 1.165) is 11.5 Å². The zero-order valence-corrected chi connectivity index (χ0v) is 10.1. The summed E-state index contributed by atoms with van der Waals surface area (Å²) >= 11 is 0. The van der Waals surface area contributed by atoms with Gasteiger partial charge in [-0.3, -0.25) is 4.79 Å². The van der Waals surface area contributed by atoms with Crippen molar-refractivity contribution in [1.82, 2.24) is 0 Å². The van der Waals surface area contributed by atoms with Gasteiger partial charge in [0.05, 0.1) is 5.92 Å². The van der Waals surface area contributed by atoms with Crippen molar-refractivity contribution in [2.75, 3.05) is 0 Å². The van der Waals surface area contributed by atoms with Crippen LogP contribution in [-0.2, 0) is 4.79 Å². The summed E-state index contributed by atoms with van der Waals surface area (Å²) in [6.45, 7) is 4.16. The SMILES string of the molecule is Cc1ccc(/C=C/C(=O)[C]2[CH][CH][CH][CH]2)cc1C. The zero-order valence-electron chi connectivity index (χ0n) is 10.1. The van der Waals surface area contributed by atoms with E-state index in [-0.39, 0.29) is 5.78 Å². The molecular weight excluding hydrogens is 208 g/mol. The highest BCUT2D eigenvalue weighted by Gasteiger charge is 2.22. The maximum absolute atomic E-state index is 11.7. The minimum atomic E-state index is 0.0493. The van der Waals surface area contributed by atoms with Gasteiger partial charge in [0.15, 0.2) is 5.78 Å². The Morgan fingerprint density at radius 3 is 2.41 bits per heavy atom. The van der Waals surface area contributed by atoms with Crippen molar-refractivity contribution in [2.45, 2.75) is 13.8 Å². The van der Waals surface area contributed by atoms with Crippen LogP contribution in [0.25, 0.3) is 6.08 Å². The highest BCUT2D eigenvalue weighted by molar-refractivity contribution is 6.07. The standard InChI is InChI=1S/C16H15O/c1-12-7-8-14(11-13(12)2)9-10-16(17)15-5-3-4-6-15/h3-11H,1-2H3/b10-9+. The predicted molar refractivity (Wildman–Crippen MR) is 70.4 cm³/mol. The van der Waals surface area contributed by atoms with Crippen LogP contribution >= 0.6 is 0 Å². The van der Waals surface area contributed by atoms with E-state index in [9.17, 15) is 4.79 Å². The van der Waals surface area contributed by atoms with Gasteiger partial charge in [0.25, 0.3) is 0 Å². The van der Waals surface area contributed by atoms with Crippen LogP contribution in [0.3, 0.4) is 0 Å². The molecule has 0 amide bonds. The molecule has 0 atom stereocenters. The Morgan fingerprint density at radius 1 is 1.06 bits per heavy atom. The molecule has 0 heterocycles. The molecule has 17 heavy (non-hydrogen) atoms. The van der Waals surface area contributed by atoms with Crippen molar-refractivity contribution in [3.63, 3.8) is 0 Å². The first-order chi connectivity index (χ1) is 8.16. The molecule has 1 heteroatoms. The summed E-state index contributed by atoms with van der Waals surface area (Å²) in [5.41, 5.74) is 3.57. The Balaban J connectivity index is 2.04. The summed E-state index contributed by atoms with van der Waals surface area (Å²) in [7, 11) is 0. The number of rotatable bonds is 3. The highest BCUT2D eigenvalue weighted by Crippen LogP contribution is 2.24. The Labute approximate surface area is 104 Å². The van der Waals surface area contributed by atoms with Gasteiger partial charge in [-0.1, -0.05) is 24.3 Å². The van der Waals surface area contributed by atoms with Crippen molar-refractivity contribution >= 4 is 11.9 Å². The van der Waals surface area contributed by atoms with Gasteiger partial charge in [-0.15, -0.1) is 0 Å². The number of carbonyl (C=O) groups excluding carboxylic acids is 1. The van der Waals surface area contributed by atoms with Crippen molar-refractivity contribution in [2.24, 2.45) is 0 Å². The molecule has 85 valence electrons. The summed E-state index contributed by atoms with van der Waals surface area (Å²) in [4.78, 5) is 11.7. The third kappa shape index (κ3) is 3.06. The van der Waals surface area contributed by atoms with Gasteiger partial charge in [-0.2, -0.15) is 0 Å². The number of aryl methyl sites for hydroxylation is 2. The molecule has 2 rings (SSSR count). The van der Waals surface area contributed by atoms with Gasteiger partial charge in [0.2, 0.25) is 0 Å². The molecule has 1 nitrogen and oxygen atoms in total. The summed E-state index contributed by atoms with van der Waals surface area (Å²) in [6, 6.07) is 6.18. The van der Waals surface area contributed by atoms with E-state index < -0.39 is 0 Å². The summed E-state index contributed by atoms with van der Waals surface area (Å²) < 4.78 is 0. The molecule has 0 unspecified atom stereocenters. The fourth-order valence-electron chi connectivity index (χ4n) is 1.67. The van der Waals surface area contributed by atoms with Crippen LogP contribution in [0.4, 0.5) is 0 Å². The average molecular weight is 223 g/mol. The molecule has 0 N–H and O–H groups in total. The number of allylic oxidation sites excluding steroid dienone is 1. The molecule has 5 radical (unpaired) electrons. The van der Waals surface area contributed by atoms with E-state index in [2.05, 4.69) is 26.0 Å². The van der Waals surface area contributed by atoms with Crippen LogP contribution in [-0.4, -0.2) is 5.78 Å². The molecule has 0 aromatic heterocycles. The molecule has 1 aliphatic carbocycles. The number of benzene rings is 1. The topological polar surface area (TPSA) is 17.1 Å². The van der Waals surface area contributed by atoms with Gasteiger partial charge in [-0.05, 0) is 62.3 Å². The largest absolute Gasteiger partial charge is 0.294 e. The van der Waals surface area contributed by atoms with Crippen LogP contribution in [0.5, 0.6) is 0 Å². The van der Waals surface area contributed by atoms with Gasteiger partial charge in [-0.25, -0.2) is 0 Å². The van der Waals surface area contributed by atoms with E-state index in [1.807, 2.05) is 37.8 Å². The maximum atomic E-state index is 11.7. The van der Waals surface area contributed by atoms with Crippen LogP contribution in [0.1, 0.15) is 16.7 Å². The minimum absolute atomic E-state index is 0.0493. The fraction of sp³-hybridized carbons (Fsp3) is 0.125. The van der Waals surface area contributed by atoms with Crippen LogP contribution in [0.2, 0.25) is 0 Å². The quantitative estimate of drug-likeness (QED) is 0.719. The normalized spacial score (nSPS) is 16.8. The molecular formula is C16H15O. The molecule has 1 aromatic rings. The molecule has 0 spiro atoms. The monoisotopic (exact) mass is 223 g/mol. The van der Waals surface area contributed by atoms with Gasteiger partial charge in [0, 0.05) is 0 Å². The first-order valence-corrected chi connectivity index (χ1v) is 5.68. The molecule has 1 aromatic carbocycles. The Morgan fingerprint density at radius 2 is 1.76 bits per heavy atom. The average Bonchev–Trinajstić information content (AvgIpc) is 2.84. The summed E-state index contributed by atoms with van der Waals surface area (Å²) in [5.74, 6) is 0.790. The second-order valence-electron chi connectivity index (χ2n) is 4.21. The fourth-order valence-corrected chi connectivity index (χ4v) is 1.67. The van der Waals surface area contributed by atoms with Crippen molar-refractivity contribution in [1.29, 1.82) is 0 Å². The van der Waals surface area contributed by atoms with E-state index >= 15 is 0 Å². The minimum Gasteiger partial charge on any atom is -0.294 e.